The highest BCUT2D eigenvalue weighted by Crippen LogP contribution is 2.23. The lowest BCUT2D eigenvalue weighted by Gasteiger charge is -2.32. The van der Waals surface area contributed by atoms with Gasteiger partial charge in [0.05, 0.1) is 6.04 Å². The van der Waals surface area contributed by atoms with E-state index in [0.717, 1.165) is 37.5 Å². The molecule has 27 heavy (non-hydrogen) atoms. The summed E-state index contributed by atoms with van der Waals surface area (Å²) in [4.78, 5) is 15.1. The van der Waals surface area contributed by atoms with Gasteiger partial charge in [-0.3, -0.25) is 9.69 Å². The van der Waals surface area contributed by atoms with Crippen LogP contribution in [0.25, 0.3) is 0 Å². The first-order valence-corrected chi connectivity index (χ1v) is 10.1. The van der Waals surface area contributed by atoms with Crippen molar-refractivity contribution in [2.45, 2.75) is 46.2 Å². The van der Waals surface area contributed by atoms with Gasteiger partial charge in [-0.15, -0.1) is 0 Å². The number of nitrogens with one attached hydrogen (secondary N) is 1. The number of halogens is 1. The molecule has 0 radical (unpaired) electrons. The van der Waals surface area contributed by atoms with Crippen molar-refractivity contribution < 1.29 is 4.79 Å². The highest BCUT2D eigenvalue weighted by Gasteiger charge is 2.26. The molecule has 1 N–H and O–H groups in total. The summed E-state index contributed by atoms with van der Waals surface area (Å²) in [7, 11) is 0. The normalized spacial score (nSPS) is 16.9. The molecule has 1 saturated heterocycles. The molecule has 0 aromatic heterocycles. The molecular weight excluding hydrogens is 356 g/mol. The van der Waals surface area contributed by atoms with Crippen LogP contribution >= 0.6 is 11.6 Å². The molecule has 0 unspecified atom stereocenters. The van der Waals surface area contributed by atoms with E-state index in [1.165, 1.54) is 22.3 Å². The van der Waals surface area contributed by atoms with Gasteiger partial charge in [0.25, 0.3) is 0 Å². The first-order valence-electron chi connectivity index (χ1n) is 9.76. The van der Waals surface area contributed by atoms with Gasteiger partial charge in [-0.2, -0.15) is 0 Å². The zero-order valence-electron chi connectivity index (χ0n) is 16.5. The van der Waals surface area contributed by atoms with Crippen LogP contribution in [0.4, 0.5) is 0 Å². The molecule has 4 heteroatoms. The molecule has 0 aliphatic carbocycles. The van der Waals surface area contributed by atoms with Crippen LogP contribution in [0.5, 0.6) is 0 Å². The summed E-state index contributed by atoms with van der Waals surface area (Å²) in [6.45, 7) is 9.06. The molecule has 0 saturated carbocycles. The minimum absolute atomic E-state index is 0.0434. The molecule has 144 valence electrons. The van der Waals surface area contributed by atoms with Crippen molar-refractivity contribution >= 4 is 17.5 Å². The van der Waals surface area contributed by atoms with E-state index in [2.05, 4.69) is 55.3 Å². The number of hydrogen-bond donors (Lipinski definition) is 1. The van der Waals surface area contributed by atoms with Gasteiger partial charge in [0.15, 0.2) is 0 Å². The summed E-state index contributed by atoms with van der Waals surface area (Å²) >= 11 is 6.08. The third-order valence-corrected chi connectivity index (χ3v) is 5.75. The van der Waals surface area contributed by atoms with Crippen LogP contribution < -0.4 is 5.32 Å². The van der Waals surface area contributed by atoms with Crippen molar-refractivity contribution in [2.24, 2.45) is 5.92 Å². The Kier molecular flexibility index (Phi) is 6.56. The average molecular weight is 385 g/mol. The summed E-state index contributed by atoms with van der Waals surface area (Å²) in [5, 5.41) is 4.01. The van der Waals surface area contributed by atoms with Gasteiger partial charge in [0.1, 0.15) is 0 Å². The molecule has 1 heterocycles. The first kappa shape index (κ1) is 19.9. The van der Waals surface area contributed by atoms with Crippen LogP contribution in [0.2, 0.25) is 5.02 Å². The van der Waals surface area contributed by atoms with Crippen LogP contribution in [0.1, 0.15) is 48.1 Å². The molecule has 2 aromatic carbocycles. The molecule has 1 aliphatic rings. The molecule has 3 nitrogen and oxygen atoms in total. The number of piperidine rings is 1. The van der Waals surface area contributed by atoms with Gasteiger partial charge in [-0.05, 0) is 75.5 Å². The largest absolute Gasteiger partial charge is 0.349 e. The number of amides is 1. The van der Waals surface area contributed by atoms with Crippen LogP contribution in [0.3, 0.4) is 0 Å². The monoisotopic (exact) mass is 384 g/mol. The van der Waals surface area contributed by atoms with Gasteiger partial charge >= 0.3 is 0 Å². The Labute approximate surface area is 167 Å². The van der Waals surface area contributed by atoms with Crippen LogP contribution in [-0.4, -0.2) is 23.9 Å². The van der Waals surface area contributed by atoms with Gasteiger partial charge in [0, 0.05) is 17.5 Å². The average Bonchev–Trinajstić information content (AvgIpc) is 2.64. The lowest BCUT2D eigenvalue weighted by Crippen LogP contribution is -2.41. The van der Waals surface area contributed by atoms with Crippen molar-refractivity contribution in [1.82, 2.24) is 10.2 Å². The Balaban J connectivity index is 1.51. The number of benzene rings is 2. The van der Waals surface area contributed by atoms with Gasteiger partial charge in [-0.1, -0.05) is 47.5 Å². The van der Waals surface area contributed by atoms with E-state index >= 15 is 0 Å². The molecule has 1 atom stereocenters. The maximum absolute atomic E-state index is 12.7. The molecule has 3 rings (SSSR count). The lowest BCUT2D eigenvalue weighted by atomic mass is 9.94. The van der Waals surface area contributed by atoms with Gasteiger partial charge in [0.2, 0.25) is 5.91 Å². The van der Waals surface area contributed by atoms with Crippen LogP contribution in [0, 0.1) is 19.8 Å². The molecule has 0 bridgehead atoms. The zero-order valence-corrected chi connectivity index (χ0v) is 17.2. The Hall–Kier alpha value is -1.84. The second-order valence-corrected chi connectivity index (χ2v) is 8.21. The Morgan fingerprint density at radius 2 is 1.93 bits per heavy atom. The number of carbonyl (C=O) groups is 1. The summed E-state index contributed by atoms with van der Waals surface area (Å²) in [5.41, 5.74) is 4.89. The summed E-state index contributed by atoms with van der Waals surface area (Å²) in [6.07, 6.45) is 1.82. The third kappa shape index (κ3) is 5.33. The second-order valence-electron chi connectivity index (χ2n) is 7.77. The fraction of sp³-hybridized carbons (Fsp3) is 0.435. The Morgan fingerprint density at radius 3 is 2.63 bits per heavy atom. The van der Waals surface area contributed by atoms with Crippen molar-refractivity contribution in [3.05, 3.63) is 69.7 Å². The van der Waals surface area contributed by atoms with Crippen molar-refractivity contribution in [3.8, 4) is 0 Å². The number of aryl methyl sites for hydroxylation is 2. The number of likely N-dealkylation sites (tertiary alicyclic amines) is 1. The molecule has 2 aromatic rings. The van der Waals surface area contributed by atoms with Crippen molar-refractivity contribution in [1.29, 1.82) is 0 Å². The molecule has 1 amide bonds. The van der Waals surface area contributed by atoms with E-state index in [-0.39, 0.29) is 17.9 Å². The van der Waals surface area contributed by atoms with Gasteiger partial charge in [-0.25, -0.2) is 0 Å². The third-order valence-electron chi connectivity index (χ3n) is 5.51. The maximum atomic E-state index is 12.7. The van der Waals surface area contributed by atoms with E-state index in [1.54, 1.807) is 0 Å². The maximum Gasteiger partial charge on any atom is 0.223 e. The van der Waals surface area contributed by atoms with Crippen molar-refractivity contribution in [2.75, 3.05) is 13.1 Å². The van der Waals surface area contributed by atoms with E-state index in [1.807, 2.05) is 18.2 Å². The first-order chi connectivity index (χ1) is 12.9. The number of rotatable bonds is 5. The lowest BCUT2D eigenvalue weighted by molar-refractivity contribution is -0.127. The summed E-state index contributed by atoms with van der Waals surface area (Å²) in [5.74, 6) is 0.291. The van der Waals surface area contributed by atoms with Gasteiger partial charge < -0.3 is 5.32 Å². The summed E-state index contributed by atoms with van der Waals surface area (Å²) < 4.78 is 0. The van der Waals surface area contributed by atoms with E-state index < -0.39 is 0 Å². The topological polar surface area (TPSA) is 32.3 Å². The standard InChI is InChI=1S/C23H29ClN2O/c1-16-7-8-17(2)22(13-16)18(3)25-23(27)20-9-11-26(12-10-20)15-19-5-4-6-21(24)14-19/h4-8,13-14,18,20H,9-12,15H2,1-3H3,(H,25,27)/t18-/m1/s1. The quantitative estimate of drug-likeness (QED) is 0.782. The highest BCUT2D eigenvalue weighted by atomic mass is 35.5. The van der Waals surface area contributed by atoms with E-state index in [9.17, 15) is 4.79 Å². The molecule has 1 fully saturated rings. The van der Waals surface area contributed by atoms with Crippen LogP contribution in [0.15, 0.2) is 42.5 Å². The number of hydrogen-bond acceptors (Lipinski definition) is 2. The highest BCUT2D eigenvalue weighted by molar-refractivity contribution is 6.30. The smallest absolute Gasteiger partial charge is 0.223 e. The molecular formula is C23H29ClN2O. The fourth-order valence-corrected chi connectivity index (χ4v) is 4.10. The predicted molar refractivity (Wildman–Crippen MR) is 112 cm³/mol. The zero-order chi connectivity index (χ0) is 19.4. The molecule has 1 aliphatic heterocycles. The van der Waals surface area contributed by atoms with E-state index in [4.69, 9.17) is 11.6 Å². The summed E-state index contributed by atoms with van der Waals surface area (Å²) in [6, 6.07) is 14.5. The van der Waals surface area contributed by atoms with E-state index in [0.29, 0.717) is 0 Å². The second kappa shape index (κ2) is 8.90. The molecule has 0 spiro atoms. The number of carbonyl (C=O) groups excluding carboxylic acids is 1. The Morgan fingerprint density at radius 1 is 1.19 bits per heavy atom. The minimum atomic E-state index is 0.0434. The fourth-order valence-electron chi connectivity index (χ4n) is 3.88. The number of nitrogens with zero attached hydrogens (tertiary/aromatic N) is 1. The van der Waals surface area contributed by atoms with Crippen molar-refractivity contribution in [3.63, 3.8) is 0 Å². The Bertz CT molecular complexity index is 797. The SMILES string of the molecule is Cc1ccc(C)c([C@@H](C)NC(=O)C2CCN(Cc3cccc(Cl)c3)CC2)c1. The predicted octanol–water partition coefficient (Wildman–Crippen LogP) is 5.05. The minimum Gasteiger partial charge on any atom is -0.349 e. The van der Waals surface area contributed by atoms with Crippen LogP contribution in [-0.2, 0) is 11.3 Å².